The molecule has 2 aromatic carbocycles. The molecule has 0 aliphatic carbocycles. The Morgan fingerprint density at radius 3 is 2.86 bits per heavy atom. The summed E-state index contributed by atoms with van der Waals surface area (Å²) in [5.74, 6) is -0.348. The summed E-state index contributed by atoms with van der Waals surface area (Å²) in [7, 11) is 0. The number of halogens is 1. The van der Waals surface area contributed by atoms with Crippen LogP contribution in [0.25, 0.3) is 0 Å². The van der Waals surface area contributed by atoms with Crippen molar-refractivity contribution in [1.29, 1.82) is 0 Å². The van der Waals surface area contributed by atoms with E-state index in [9.17, 15) is 14.3 Å². The number of ketones is 1. The number of ether oxygens (including phenoxy) is 1. The molecule has 1 N–H and O–H groups in total. The summed E-state index contributed by atoms with van der Waals surface area (Å²) in [6.07, 6.45) is 1.70. The number of rotatable bonds is 3. The molecule has 0 saturated carbocycles. The Morgan fingerprint density at radius 1 is 1.32 bits per heavy atom. The lowest BCUT2D eigenvalue weighted by Gasteiger charge is -2.35. The van der Waals surface area contributed by atoms with Gasteiger partial charge in [0.25, 0.3) is 0 Å². The van der Waals surface area contributed by atoms with Gasteiger partial charge in [-0.2, -0.15) is 0 Å². The number of fused-ring (bicyclic) bond motifs is 1. The molecule has 0 aromatic heterocycles. The van der Waals surface area contributed by atoms with Crippen molar-refractivity contribution in [3.8, 4) is 11.5 Å². The van der Waals surface area contributed by atoms with Gasteiger partial charge in [-0.15, -0.1) is 0 Å². The molecule has 2 aromatic rings. The van der Waals surface area contributed by atoms with E-state index in [0.29, 0.717) is 0 Å². The monoisotopic (exact) mass is 300 g/mol. The van der Waals surface area contributed by atoms with Crippen LogP contribution in [0.4, 0.5) is 4.39 Å². The molecule has 3 rings (SSSR count). The molecule has 1 aliphatic rings. The standard InChI is InChI=1S/C18H17FO3/c1-18(9-8-12-4-2-3-5-17(12)22-18)11-16(21)14-7-6-13(19)10-15(14)20/h2-7,10,20H,8-9,11H2,1H3. The molecule has 0 saturated heterocycles. The van der Waals surface area contributed by atoms with Crippen LogP contribution in [-0.2, 0) is 6.42 Å². The molecule has 4 heteroatoms. The largest absolute Gasteiger partial charge is 0.507 e. The van der Waals surface area contributed by atoms with Gasteiger partial charge in [0.1, 0.15) is 22.9 Å². The third-order valence-electron chi connectivity index (χ3n) is 4.05. The molecule has 1 heterocycles. The Labute approximate surface area is 128 Å². The molecule has 0 amide bonds. The van der Waals surface area contributed by atoms with Crippen molar-refractivity contribution in [3.63, 3.8) is 0 Å². The lowest BCUT2D eigenvalue weighted by atomic mass is 9.87. The maximum atomic E-state index is 13.0. The molecule has 1 unspecified atom stereocenters. The zero-order chi connectivity index (χ0) is 15.7. The van der Waals surface area contributed by atoms with Gasteiger partial charge in [0.05, 0.1) is 12.0 Å². The molecule has 1 aliphatic heterocycles. The number of aromatic hydroxyl groups is 1. The van der Waals surface area contributed by atoms with E-state index < -0.39 is 11.4 Å². The lowest BCUT2D eigenvalue weighted by Crippen LogP contribution is -2.38. The van der Waals surface area contributed by atoms with Crippen LogP contribution in [0.3, 0.4) is 0 Å². The van der Waals surface area contributed by atoms with Gasteiger partial charge in [0, 0.05) is 6.07 Å². The highest BCUT2D eigenvalue weighted by molar-refractivity contribution is 5.99. The molecule has 0 spiro atoms. The molecule has 3 nitrogen and oxygen atoms in total. The van der Waals surface area contributed by atoms with Gasteiger partial charge < -0.3 is 9.84 Å². The van der Waals surface area contributed by atoms with Gasteiger partial charge in [-0.1, -0.05) is 18.2 Å². The van der Waals surface area contributed by atoms with E-state index in [1.165, 1.54) is 12.1 Å². The van der Waals surface area contributed by atoms with Crippen LogP contribution in [-0.4, -0.2) is 16.5 Å². The van der Waals surface area contributed by atoms with Crippen LogP contribution in [0.15, 0.2) is 42.5 Å². The maximum Gasteiger partial charge on any atom is 0.170 e. The van der Waals surface area contributed by atoms with Crippen molar-refractivity contribution in [3.05, 3.63) is 59.4 Å². The van der Waals surface area contributed by atoms with E-state index in [4.69, 9.17) is 4.74 Å². The van der Waals surface area contributed by atoms with Crippen LogP contribution in [0.5, 0.6) is 11.5 Å². The first-order chi connectivity index (χ1) is 10.5. The SMILES string of the molecule is CC1(CC(=O)c2ccc(F)cc2O)CCc2ccccc2O1. The Hall–Kier alpha value is -2.36. The summed E-state index contributed by atoms with van der Waals surface area (Å²) in [4.78, 5) is 12.4. The van der Waals surface area contributed by atoms with Crippen molar-refractivity contribution in [2.75, 3.05) is 0 Å². The number of phenolic OH excluding ortho intramolecular Hbond substituents is 1. The number of benzene rings is 2. The minimum atomic E-state index is -0.619. The summed E-state index contributed by atoms with van der Waals surface area (Å²) in [6, 6.07) is 11.2. The molecule has 0 radical (unpaired) electrons. The number of carbonyl (C=O) groups is 1. The van der Waals surface area contributed by atoms with Crippen molar-refractivity contribution in [2.45, 2.75) is 31.8 Å². The van der Waals surface area contributed by atoms with Crippen LogP contribution >= 0.6 is 0 Å². The Balaban J connectivity index is 1.79. The summed E-state index contributed by atoms with van der Waals surface area (Å²) < 4.78 is 19.0. The predicted octanol–water partition coefficient (Wildman–Crippen LogP) is 3.89. The van der Waals surface area contributed by atoms with Gasteiger partial charge >= 0.3 is 0 Å². The second-order valence-corrected chi connectivity index (χ2v) is 5.92. The minimum absolute atomic E-state index is 0.130. The van der Waals surface area contributed by atoms with Gasteiger partial charge in [0.15, 0.2) is 5.78 Å². The number of hydrogen-bond acceptors (Lipinski definition) is 3. The molecule has 114 valence electrons. The molecule has 1 atom stereocenters. The third kappa shape index (κ3) is 2.82. The fourth-order valence-corrected chi connectivity index (χ4v) is 2.83. The Bertz CT molecular complexity index is 726. The van der Waals surface area contributed by atoms with Crippen molar-refractivity contribution < 1.29 is 19.0 Å². The van der Waals surface area contributed by atoms with E-state index in [1.54, 1.807) is 0 Å². The zero-order valence-corrected chi connectivity index (χ0v) is 12.3. The highest BCUT2D eigenvalue weighted by Crippen LogP contribution is 2.36. The van der Waals surface area contributed by atoms with Gasteiger partial charge in [-0.3, -0.25) is 4.79 Å². The number of phenols is 1. The zero-order valence-electron chi connectivity index (χ0n) is 12.3. The van der Waals surface area contributed by atoms with Crippen molar-refractivity contribution in [1.82, 2.24) is 0 Å². The molecule has 22 heavy (non-hydrogen) atoms. The molecule has 0 bridgehead atoms. The topological polar surface area (TPSA) is 46.5 Å². The minimum Gasteiger partial charge on any atom is -0.507 e. The lowest BCUT2D eigenvalue weighted by molar-refractivity contribution is 0.0493. The van der Waals surface area contributed by atoms with E-state index in [2.05, 4.69) is 0 Å². The maximum absolute atomic E-state index is 13.0. The highest BCUT2D eigenvalue weighted by Gasteiger charge is 2.34. The van der Waals surface area contributed by atoms with E-state index in [-0.39, 0.29) is 23.5 Å². The third-order valence-corrected chi connectivity index (χ3v) is 4.05. The summed E-state index contributed by atoms with van der Waals surface area (Å²) >= 11 is 0. The predicted molar refractivity (Wildman–Crippen MR) is 80.8 cm³/mol. The summed E-state index contributed by atoms with van der Waals surface area (Å²) in [5, 5.41) is 9.73. The van der Waals surface area contributed by atoms with Gasteiger partial charge in [-0.25, -0.2) is 4.39 Å². The van der Waals surface area contributed by atoms with E-state index >= 15 is 0 Å². The molecular formula is C18H17FO3. The average Bonchev–Trinajstić information content (AvgIpc) is 2.46. The van der Waals surface area contributed by atoms with E-state index in [0.717, 1.165) is 30.2 Å². The first-order valence-electron chi connectivity index (χ1n) is 7.25. The van der Waals surface area contributed by atoms with Crippen LogP contribution in [0.2, 0.25) is 0 Å². The second kappa shape index (κ2) is 5.44. The second-order valence-electron chi connectivity index (χ2n) is 5.92. The molecular weight excluding hydrogens is 283 g/mol. The number of aryl methyl sites for hydroxylation is 1. The smallest absolute Gasteiger partial charge is 0.170 e. The van der Waals surface area contributed by atoms with Crippen LogP contribution in [0.1, 0.15) is 35.7 Å². The Morgan fingerprint density at radius 2 is 2.09 bits per heavy atom. The van der Waals surface area contributed by atoms with Crippen molar-refractivity contribution in [2.24, 2.45) is 0 Å². The van der Waals surface area contributed by atoms with Gasteiger partial charge in [0.2, 0.25) is 0 Å². The first kappa shape index (κ1) is 14.6. The number of Topliss-reactive ketones (excluding diaryl/α,β-unsaturated/α-hetero) is 1. The Kier molecular flexibility index (Phi) is 3.61. The normalized spacial score (nSPS) is 20.1. The summed E-state index contributed by atoms with van der Waals surface area (Å²) in [5.41, 5.74) is 0.647. The summed E-state index contributed by atoms with van der Waals surface area (Å²) in [6.45, 7) is 1.89. The quantitative estimate of drug-likeness (QED) is 0.875. The fourth-order valence-electron chi connectivity index (χ4n) is 2.83. The van der Waals surface area contributed by atoms with Crippen molar-refractivity contribution >= 4 is 5.78 Å². The van der Waals surface area contributed by atoms with E-state index in [1.807, 2.05) is 31.2 Å². The fraction of sp³-hybridized carbons (Fsp3) is 0.278. The number of carbonyl (C=O) groups excluding carboxylic acids is 1. The van der Waals surface area contributed by atoms with Crippen LogP contribution in [0, 0.1) is 5.82 Å². The van der Waals surface area contributed by atoms with Crippen LogP contribution < -0.4 is 4.74 Å². The highest BCUT2D eigenvalue weighted by atomic mass is 19.1. The van der Waals surface area contributed by atoms with Gasteiger partial charge in [-0.05, 0) is 43.5 Å². The average molecular weight is 300 g/mol. The molecule has 0 fully saturated rings. The number of hydrogen-bond donors (Lipinski definition) is 1. The number of para-hydroxylation sites is 1. The first-order valence-corrected chi connectivity index (χ1v) is 7.25.